The normalized spacial score (nSPS) is 18.8. The molecule has 7 heteroatoms. The van der Waals surface area contributed by atoms with Crippen LogP contribution in [0.5, 0.6) is 0 Å². The second kappa shape index (κ2) is 7.93. The summed E-state index contributed by atoms with van der Waals surface area (Å²) in [4.78, 5) is 14.0. The summed E-state index contributed by atoms with van der Waals surface area (Å²) in [5.41, 5.74) is 1.73. The van der Waals surface area contributed by atoms with Crippen molar-refractivity contribution in [3.8, 4) is 0 Å². The van der Waals surface area contributed by atoms with Crippen LogP contribution in [-0.4, -0.2) is 37.2 Å². The number of nitrogens with one attached hydrogen (secondary N) is 1. The average molecular weight is 366 g/mol. The molecule has 1 aromatic heterocycles. The van der Waals surface area contributed by atoms with Gasteiger partial charge in [0.1, 0.15) is 6.10 Å². The number of hydrogen-bond acceptors (Lipinski definition) is 3. The average Bonchev–Trinajstić information content (AvgIpc) is 3.16. The molecule has 1 aliphatic heterocycles. The van der Waals surface area contributed by atoms with E-state index in [-0.39, 0.29) is 11.9 Å². The molecule has 1 aromatic carbocycles. The maximum Gasteiger partial charge on any atom is 0.317 e. The van der Waals surface area contributed by atoms with Crippen LogP contribution in [0.15, 0.2) is 35.0 Å². The van der Waals surface area contributed by atoms with Gasteiger partial charge >= 0.3 is 6.03 Å². The topological polar surface area (TPSA) is 41.6 Å². The van der Waals surface area contributed by atoms with Crippen molar-refractivity contribution in [1.29, 1.82) is 0 Å². The van der Waals surface area contributed by atoms with Crippen LogP contribution in [0.1, 0.15) is 30.1 Å². The minimum absolute atomic E-state index is 0.169. The quantitative estimate of drug-likeness (QED) is 0.891. The molecule has 2 amide bonds. The van der Waals surface area contributed by atoms with E-state index in [1.807, 2.05) is 5.38 Å². The minimum Gasteiger partial charge on any atom is -0.370 e. The highest BCUT2D eigenvalue weighted by molar-refractivity contribution is 7.07. The van der Waals surface area contributed by atoms with E-state index in [1.54, 1.807) is 16.2 Å². The van der Waals surface area contributed by atoms with Crippen LogP contribution in [0.25, 0.3) is 0 Å². The van der Waals surface area contributed by atoms with Gasteiger partial charge in [-0.2, -0.15) is 11.3 Å². The van der Waals surface area contributed by atoms with E-state index in [9.17, 15) is 13.6 Å². The Morgan fingerprint density at radius 3 is 2.96 bits per heavy atom. The summed E-state index contributed by atoms with van der Waals surface area (Å²) in [6.07, 6.45) is -0.455. The van der Waals surface area contributed by atoms with Crippen molar-refractivity contribution in [3.05, 3.63) is 57.8 Å². The molecule has 2 aromatic rings. The molecule has 0 saturated carbocycles. The first-order valence-electron chi connectivity index (χ1n) is 8.16. The van der Waals surface area contributed by atoms with Crippen LogP contribution in [-0.2, 0) is 4.74 Å². The molecule has 0 spiro atoms. The Kier molecular flexibility index (Phi) is 5.65. The van der Waals surface area contributed by atoms with Gasteiger partial charge in [-0.15, -0.1) is 0 Å². The van der Waals surface area contributed by atoms with Gasteiger partial charge in [0, 0.05) is 13.1 Å². The van der Waals surface area contributed by atoms with Gasteiger partial charge in [0.2, 0.25) is 0 Å². The molecule has 1 saturated heterocycles. The van der Waals surface area contributed by atoms with Crippen molar-refractivity contribution in [2.75, 3.05) is 26.2 Å². The molecule has 0 radical (unpaired) electrons. The van der Waals surface area contributed by atoms with Gasteiger partial charge in [-0.3, -0.25) is 0 Å². The SMILES string of the molecule is C[C@H](CNC(=O)N1CCO[C@@H](c2ccc(F)c(F)c2)C1)c1ccsc1. The van der Waals surface area contributed by atoms with Gasteiger partial charge in [0.15, 0.2) is 11.6 Å². The molecule has 4 nitrogen and oxygen atoms in total. The van der Waals surface area contributed by atoms with Crippen molar-refractivity contribution in [3.63, 3.8) is 0 Å². The number of hydrogen-bond donors (Lipinski definition) is 1. The number of carbonyl (C=O) groups excluding carboxylic acids is 1. The van der Waals surface area contributed by atoms with Gasteiger partial charge in [0.25, 0.3) is 0 Å². The Labute approximate surface area is 149 Å². The molecule has 0 bridgehead atoms. The number of nitrogens with zero attached hydrogens (tertiary/aromatic N) is 1. The number of rotatable bonds is 4. The molecular weight excluding hydrogens is 346 g/mol. The highest BCUT2D eigenvalue weighted by atomic mass is 32.1. The van der Waals surface area contributed by atoms with Crippen molar-refractivity contribution in [1.82, 2.24) is 10.2 Å². The maximum absolute atomic E-state index is 13.4. The number of morpholine rings is 1. The zero-order chi connectivity index (χ0) is 17.8. The van der Waals surface area contributed by atoms with Gasteiger partial charge in [-0.1, -0.05) is 13.0 Å². The third-order valence-corrected chi connectivity index (χ3v) is 5.04. The molecule has 0 aliphatic carbocycles. The molecule has 2 heterocycles. The van der Waals surface area contributed by atoms with Gasteiger partial charge in [-0.05, 0) is 46.0 Å². The largest absolute Gasteiger partial charge is 0.370 e. The molecule has 1 N–H and O–H groups in total. The number of halogens is 2. The zero-order valence-corrected chi connectivity index (χ0v) is 14.7. The van der Waals surface area contributed by atoms with Crippen LogP contribution >= 0.6 is 11.3 Å². The summed E-state index contributed by atoms with van der Waals surface area (Å²) in [7, 11) is 0. The molecule has 1 aliphatic rings. The maximum atomic E-state index is 13.4. The van der Waals surface area contributed by atoms with Gasteiger partial charge in [-0.25, -0.2) is 13.6 Å². The molecule has 3 rings (SSSR count). The minimum atomic E-state index is -0.910. The Balaban J connectivity index is 1.57. The Morgan fingerprint density at radius 2 is 2.24 bits per heavy atom. The van der Waals surface area contributed by atoms with E-state index in [1.165, 1.54) is 11.6 Å². The van der Waals surface area contributed by atoms with E-state index in [0.29, 0.717) is 31.8 Å². The van der Waals surface area contributed by atoms with Gasteiger partial charge in [0.05, 0.1) is 13.2 Å². The number of benzene rings is 1. The lowest BCUT2D eigenvalue weighted by atomic mass is 10.1. The van der Waals surface area contributed by atoms with Crippen molar-refractivity contribution < 1.29 is 18.3 Å². The van der Waals surface area contributed by atoms with Gasteiger partial charge < -0.3 is 15.0 Å². The van der Waals surface area contributed by atoms with Crippen LogP contribution < -0.4 is 5.32 Å². The highest BCUT2D eigenvalue weighted by Gasteiger charge is 2.26. The summed E-state index contributed by atoms with van der Waals surface area (Å²) < 4.78 is 32.1. The number of ether oxygens (including phenoxy) is 1. The predicted octanol–water partition coefficient (Wildman–Crippen LogP) is 3.91. The van der Waals surface area contributed by atoms with Crippen molar-refractivity contribution >= 4 is 17.4 Å². The highest BCUT2D eigenvalue weighted by Crippen LogP contribution is 2.24. The summed E-state index contributed by atoms with van der Waals surface area (Å²) in [5, 5.41) is 7.02. The second-order valence-electron chi connectivity index (χ2n) is 6.12. The summed E-state index contributed by atoms with van der Waals surface area (Å²) in [6.45, 7) is 3.74. The van der Waals surface area contributed by atoms with E-state index >= 15 is 0 Å². The fourth-order valence-electron chi connectivity index (χ4n) is 2.77. The first-order valence-corrected chi connectivity index (χ1v) is 9.10. The molecule has 0 unspecified atom stereocenters. The van der Waals surface area contributed by atoms with E-state index < -0.39 is 17.7 Å². The predicted molar refractivity (Wildman–Crippen MR) is 92.8 cm³/mol. The Morgan fingerprint density at radius 1 is 1.40 bits per heavy atom. The molecular formula is C18H20F2N2O2S. The molecule has 2 atom stereocenters. The Hall–Kier alpha value is -1.99. The first kappa shape index (κ1) is 17.8. The van der Waals surface area contributed by atoms with Crippen molar-refractivity contribution in [2.24, 2.45) is 0 Å². The van der Waals surface area contributed by atoms with E-state index in [0.717, 1.165) is 12.1 Å². The number of thiophene rings is 1. The Bertz CT molecular complexity index is 724. The fraction of sp³-hybridized carbons (Fsp3) is 0.389. The number of carbonyl (C=O) groups is 1. The first-order chi connectivity index (χ1) is 12.0. The third kappa shape index (κ3) is 4.35. The lowest BCUT2D eigenvalue weighted by Crippen LogP contribution is -2.47. The summed E-state index contributed by atoms with van der Waals surface area (Å²) >= 11 is 1.63. The molecule has 25 heavy (non-hydrogen) atoms. The lowest BCUT2D eigenvalue weighted by molar-refractivity contribution is -0.0156. The van der Waals surface area contributed by atoms with E-state index in [4.69, 9.17) is 4.74 Å². The summed E-state index contributed by atoms with van der Waals surface area (Å²) in [6, 6.07) is 5.58. The van der Waals surface area contributed by atoms with Crippen molar-refractivity contribution in [2.45, 2.75) is 18.9 Å². The summed E-state index contributed by atoms with van der Waals surface area (Å²) in [5.74, 6) is -1.57. The van der Waals surface area contributed by atoms with Crippen LogP contribution in [0.4, 0.5) is 13.6 Å². The van der Waals surface area contributed by atoms with Crippen LogP contribution in [0, 0.1) is 11.6 Å². The van der Waals surface area contributed by atoms with Crippen LogP contribution in [0.3, 0.4) is 0 Å². The standard InChI is InChI=1S/C18H20F2N2O2S/c1-12(14-4-7-25-11-14)9-21-18(23)22-5-6-24-17(10-22)13-2-3-15(19)16(20)8-13/h2-4,7-8,11-12,17H,5-6,9-10H2,1H3,(H,21,23)/t12-,17-/m1/s1. The fourth-order valence-corrected chi connectivity index (χ4v) is 3.56. The van der Waals surface area contributed by atoms with Crippen LogP contribution in [0.2, 0.25) is 0 Å². The molecule has 1 fully saturated rings. The lowest BCUT2D eigenvalue weighted by Gasteiger charge is -2.33. The molecule has 134 valence electrons. The monoisotopic (exact) mass is 366 g/mol. The van der Waals surface area contributed by atoms with E-state index in [2.05, 4.69) is 23.7 Å². The second-order valence-corrected chi connectivity index (χ2v) is 6.90. The number of amides is 2. The smallest absolute Gasteiger partial charge is 0.317 e. The third-order valence-electron chi connectivity index (χ3n) is 4.34. The zero-order valence-electron chi connectivity index (χ0n) is 13.9. The number of urea groups is 1.